The fourth-order valence-corrected chi connectivity index (χ4v) is 3.37. The van der Waals surface area contributed by atoms with Gasteiger partial charge in [-0.2, -0.15) is 0 Å². The van der Waals surface area contributed by atoms with E-state index in [0.29, 0.717) is 13.0 Å². The van der Waals surface area contributed by atoms with Gasteiger partial charge in [0.2, 0.25) is 0 Å². The second-order valence-electron chi connectivity index (χ2n) is 6.44. The molecule has 0 amide bonds. The van der Waals surface area contributed by atoms with Crippen LogP contribution in [0.5, 0.6) is 0 Å². The lowest BCUT2D eigenvalue weighted by molar-refractivity contribution is 0.0972. The zero-order chi connectivity index (χ0) is 17.2. The molecule has 1 unspecified atom stereocenters. The minimum atomic E-state index is -0.594. The number of carbonyl (C=O) groups excluding carboxylic acids is 1. The lowest BCUT2D eigenvalue weighted by Gasteiger charge is -2.17. The van der Waals surface area contributed by atoms with Crippen LogP contribution in [0.3, 0.4) is 0 Å². The van der Waals surface area contributed by atoms with Crippen LogP contribution >= 0.6 is 0 Å². The molecule has 0 aliphatic heterocycles. The van der Waals surface area contributed by atoms with Gasteiger partial charge in [0.05, 0.1) is 17.3 Å². The van der Waals surface area contributed by atoms with Crippen molar-refractivity contribution in [1.29, 1.82) is 0 Å². The Labute approximate surface area is 146 Å². The molecular formula is C21H20N2O2. The van der Waals surface area contributed by atoms with Gasteiger partial charge >= 0.3 is 0 Å². The highest BCUT2D eigenvalue weighted by molar-refractivity contribution is 6.03. The van der Waals surface area contributed by atoms with Gasteiger partial charge in [-0.3, -0.25) is 9.78 Å². The molecule has 25 heavy (non-hydrogen) atoms. The van der Waals surface area contributed by atoms with Crippen molar-refractivity contribution < 1.29 is 9.90 Å². The molecule has 1 heterocycles. The number of aliphatic hydroxyl groups is 1. The summed E-state index contributed by atoms with van der Waals surface area (Å²) in [6, 6.07) is 17.4. The average Bonchev–Trinajstić information content (AvgIpc) is 2.66. The number of rotatable bonds is 4. The maximum absolute atomic E-state index is 12.2. The largest absolute Gasteiger partial charge is 0.387 e. The number of anilines is 1. The number of benzene rings is 2. The van der Waals surface area contributed by atoms with E-state index in [4.69, 9.17) is 0 Å². The molecule has 1 aromatic heterocycles. The van der Waals surface area contributed by atoms with Crippen LogP contribution in [0.1, 0.15) is 40.6 Å². The Morgan fingerprint density at radius 1 is 1.08 bits per heavy atom. The summed E-state index contributed by atoms with van der Waals surface area (Å²) < 4.78 is 0. The van der Waals surface area contributed by atoms with Crippen LogP contribution in [0.4, 0.5) is 5.69 Å². The SMILES string of the molecule is O=C1CCCc2nc3cccc(NCC(O)c4ccccc4)c3cc21. The topological polar surface area (TPSA) is 62.2 Å². The number of nitrogens with zero attached hydrogens (tertiary/aromatic N) is 1. The Morgan fingerprint density at radius 3 is 2.76 bits per heavy atom. The average molecular weight is 332 g/mol. The highest BCUT2D eigenvalue weighted by atomic mass is 16.3. The monoisotopic (exact) mass is 332 g/mol. The quantitative estimate of drug-likeness (QED) is 0.761. The lowest BCUT2D eigenvalue weighted by atomic mass is 9.93. The van der Waals surface area contributed by atoms with Crippen LogP contribution in [-0.2, 0) is 6.42 Å². The first-order valence-corrected chi connectivity index (χ1v) is 8.65. The van der Waals surface area contributed by atoms with Crippen molar-refractivity contribution in [2.24, 2.45) is 0 Å². The normalized spacial score (nSPS) is 15.0. The molecule has 1 atom stereocenters. The molecule has 126 valence electrons. The fourth-order valence-electron chi connectivity index (χ4n) is 3.37. The Kier molecular flexibility index (Phi) is 4.20. The number of hydrogen-bond donors (Lipinski definition) is 2. The zero-order valence-corrected chi connectivity index (χ0v) is 13.9. The number of hydrogen-bond acceptors (Lipinski definition) is 4. The second kappa shape index (κ2) is 6.65. The summed E-state index contributed by atoms with van der Waals surface area (Å²) in [5.41, 5.74) is 4.30. The minimum absolute atomic E-state index is 0.176. The van der Waals surface area contributed by atoms with Crippen molar-refractivity contribution in [3.8, 4) is 0 Å². The van der Waals surface area contributed by atoms with Gasteiger partial charge < -0.3 is 10.4 Å². The molecule has 0 spiro atoms. The first-order valence-electron chi connectivity index (χ1n) is 8.65. The molecule has 0 fully saturated rings. The van der Waals surface area contributed by atoms with E-state index >= 15 is 0 Å². The third-order valence-electron chi connectivity index (χ3n) is 4.73. The Morgan fingerprint density at radius 2 is 1.92 bits per heavy atom. The number of fused-ring (bicyclic) bond motifs is 2. The van der Waals surface area contributed by atoms with E-state index in [0.717, 1.165) is 46.3 Å². The number of aromatic nitrogens is 1. The number of aryl methyl sites for hydroxylation is 1. The third-order valence-corrected chi connectivity index (χ3v) is 4.73. The van der Waals surface area contributed by atoms with Crippen molar-refractivity contribution >= 4 is 22.4 Å². The summed E-state index contributed by atoms with van der Waals surface area (Å²) >= 11 is 0. The number of Topliss-reactive ketones (excluding diaryl/α,β-unsaturated/α-hetero) is 1. The van der Waals surface area contributed by atoms with Crippen LogP contribution in [-0.4, -0.2) is 22.4 Å². The molecule has 0 radical (unpaired) electrons. The molecule has 2 N–H and O–H groups in total. The van der Waals surface area contributed by atoms with Gasteiger partial charge in [0.25, 0.3) is 0 Å². The summed E-state index contributed by atoms with van der Waals surface area (Å²) in [5.74, 6) is 0.176. The van der Waals surface area contributed by atoms with Crippen LogP contribution in [0.25, 0.3) is 10.9 Å². The molecule has 4 rings (SSSR count). The zero-order valence-electron chi connectivity index (χ0n) is 13.9. The Bertz CT molecular complexity index is 922. The summed E-state index contributed by atoms with van der Waals surface area (Å²) in [5, 5.41) is 14.6. The van der Waals surface area contributed by atoms with Crippen molar-refractivity contribution in [3.05, 3.63) is 71.4 Å². The van der Waals surface area contributed by atoms with Gasteiger partial charge in [-0.25, -0.2) is 0 Å². The summed E-state index contributed by atoms with van der Waals surface area (Å²) in [4.78, 5) is 16.9. The van der Waals surface area contributed by atoms with E-state index in [1.54, 1.807) is 0 Å². The van der Waals surface area contributed by atoms with Crippen LogP contribution in [0.2, 0.25) is 0 Å². The van der Waals surface area contributed by atoms with Crippen molar-refractivity contribution in [2.45, 2.75) is 25.4 Å². The molecule has 0 saturated heterocycles. The Hall–Kier alpha value is -2.72. The van der Waals surface area contributed by atoms with E-state index in [9.17, 15) is 9.90 Å². The number of nitrogens with one attached hydrogen (secondary N) is 1. The molecule has 0 saturated carbocycles. The molecule has 1 aliphatic rings. The second-order valence-corrected chi connectivity index (χ2v) is 6.44. The van der Waals surface area contributed by atoms with Gasteiger partial charge in [-0.1, -0.05) is 36.4 Å². The maximum Gasteiger partial charge on any atom is 0.164 e. The predicted molar refractivity (Wildman–Crippen MR) is 98.9 cm³/mol. The van der Waals surface area contributed by atoms with Crippen LogP contribution in [0.15, 0.2) is 54.6 Å². The number of carbonyl (C=O) groups is 1. The lowest BCUT2D eigenvalue weighted by Crippen LogP contribution is -2.14. The Balaban J connectivity index is 1.63. The number of ketones is 1. The van der Waals surface area contributed by atoms with Gasteiger partial charge in [0.1, 0.15) is 0 Å². The molecule has 1 aliphatic carbocycles. The third kappa shape index (κ3) is 3.13. The van der Waals surface area contributed by atoms with Crippen molar-refractivity contribution in [1.82, 2.24) is 4.98 Å². The van der Waals surface area contributed by atoms with Gasteiger partial charge in [0, 0.05) is 29.6 Å². The smallest absolute Gasteiger partial charge is 0.164 e. The van der Waals surface area contributed by atoms with Gasteiger partial charge in [-0.05, 0) is 36.6 Å². The molecule has 2 aromatic carbocycles. The van der Waals surface area contributed by atoms with Crippen LogP contribution in [0, 0.1) is 0 Å². The fraction of sp³-hybridized carbons (Fsp3) is 0.238. The molecule has 3 aromatic rings. The highest BCUT2D eigenvalue weighted by Gasteiger charge is 2.20. The van der Waals surface area contributed by atoms with Gasteiger partial charge in [-0.15, -0.1) is 0 Å². The molecule has 4 heteroatoms. The van der Waals surface area contributed by atoms with Crippen LogP contribution < -0.4 is 5.32 Å². The molecule has 4 nitrogen and oxygen atoms in total. The number of pyridine rings is 1. The predicted octanol–water partition coefficient (Wildman–Crippen LogP) is 3.90. The first-order chi connectivity index (χ1) is 12.2. The minimum Gasteiger partial charge on any atom is -0.387 e. The number of aliphatic hydroxyl groups excluding tert-OH is 1. The van der Waals surface area contributed by atoms with E-state index in [1.165, 1.54) is 0 Å². The first kappa shape index (κ1) is 15.8. The summed E-state index contributed by atoms with van der Waals surface area (Å²) in [6.07, 6.45) is 1.75. The molecular weight excluding hydrogens is 312 g/mol. The van der Waals surface area contributed by atoms with Gasteiger partial charge in [0.15, 0.2) is 5.78 Å². The van der Waals surface area contributed by atoms with E-state index in [-0.39, 0.29) is 5.78 Å². The van der Waals surface area contributed by atoms with Crippen molar-refractivity contribution in [2.75, 3.05) is 11.9 Å². The van der Waals surface area contributed by atoms with E-state index < -0.39 is 6.10 Å². The summed E-state index contributed by atoms with van der Waals surface area (Å²) in [7, 11) is 0. The summed E-state index contributed by atoms with van der Waals surface area (Å²) in [6.45, 7) is 0.397. The van der Waals surface area contributed by atoms with E-state index in [1.807, 2.05) is 54.6 Å². The van der Waals surface area contributed by atoms with E-state index in [2.05, 4.69) is 10.3 Å². The highest BCUT2D eigenvalue weighted by Crippen LogP contribution is 2.29. The standard InChI is InChI=1S/C21H20N2O2/c24-20-11-5-10-19-16(20)12-15-17(8-4-9-18(15)23-19)22-13-21(25)14-6-2-1-3-7-14/h1-4,6-9,12,21-22,25H,5,10-11,13H2. The van der Waals surface area contributed by atoms with Crippen molar-refractivity contribution in [3.63, 3.8) is 0 Å². The molecule has 0 bridgehead atoms. The maximum atomic E-state index is 12.2.